The summed E-state index contributed by atoms with van der Waals surface area (Å²) in [6, 6.07) is 5.22. The molecule has 10 atom stereocenters. The van der Waals surface area contributed by atoms with E-state index in [4.69, 9.17) is 23.4 Å². The van der Waals surface area contributed by atoms with Crippen LogP contribution in [0, 0.1) is 0 Å². The van der Waals surface area contributed by atoms with E-state index in [1.165, 1.54) is 6.07 Å². The standard InChI is InChI=1S/C27H30O17/c28-6-15-18(34)20(36)22(38)26(42-15)40-7-16-19(35)21(37)23(39)27(43-16)44-24-13(33)4-11(31)17-12(32)5-14(41-25(17)24)8-1-2-9(29)10(30)3-8/h1-5,15-16,18-23,26-31,33-39H,6-7H2. The van der Waals surface area contributed by atoms with Crippen LogP contribution in [0.2, 0.25) is 0 Å². The number of rotatable bonds is 7. The minimum Gasteiger partial charge on any atom is -0.507 e. The lowest BCUT2D eigenvalue weighted by Gasteiger charge is -2.42. The first-order chi connectivity index (χ1) is 20.8. The van der Waals surface area contributed by atoms with E-state index in [0.717, 1.165) is 24.3 Å². The highest BCUT2D eigenvalue weighted by atomic mass is 16.7. The lowest BCUT2D eigenvalue weighted by atomic mass is 9.98. The first-order valence-electron chi connectivity index (χ1n) is 13.2. The molecule has 2 saturated heterocycles. The predicted molar refractivity (Wildman–Crippen MR) is 142 cm³/mol. The zero-order valence-electron chi connectivity index (χ0n) is 22.4. The van der Waals surface area contributed by atoms with Crippen molar-refractivity contribution >= 4 is 11.0 Å². The molecule has 240 valence electrons. The molecule has 0 aliphatic carbocycles. The van der Waals surface area contributed by atoms with E-state index < -0.39 is 120 Å². The largest absolute Gasteiger partial charge is 0.507 e. The van der Waals surface area contributed by atoms with Crippen LogP contribution < -0.4 is 10.2 Å². The van der Waals surface area contributed by atoms with Crippen molar-refractivity contribution in [1.82, 2.24) is 0 Å². The molecular weight excluding hydrogens is 596 g/mol. The summed E-state index contributed by atoms with van der Waals surface area (Å²) in [6.45, 7) is -1.40. The van der Waals surface area contributed by atoms with Crippen molar-refractivity contribution in [2.45, 2.75) is 61.4 Å². The number of hydrogen-bond donors (Lipinski definition) is 11. The third kappa shape index (κ3) is 5.73. The van der Waals surface area contributed by atoms with Gasteiger partial charge in [-0.2, -0.15) is 0 Å². The molecular formula is C27H30O17. The van der Waals surface area contributed by atoms with Crippen molar-refractivity contribution < 1.29 is 79.5 Å². The molecule has 1 aromatic heterocycles. The number of ether oxygens (including phenoxy) is 4. The smallest absolute Gasteiger partial charge is 0.229 e. The van der Waals surface area contributed by atoms with E-state index in [1.54, 1.807) is 0 Å². The average Bonchev–Trinajstić information content (AvgIpc) is 2.99. The summed E-state index contributed by atoms with van der Waals surface area (Å²) in [5, 5.41) is 111. The molecule has 2 aliphatic rings. The topological polar surface area (TPSA) is 290 Å². The summed E-state index contributed by atoms with van der Waals surface area (Å²) < 4.78 is 27.5. The van der Waals surface area contributed by atoms with E-state index in [-0.39, 0.29) is 11.3 Å². The summed E-state index contributed by atoms with van der Waals surface area (Å²) in [5.41, 5.74) is -1.25. The van der Waals surface area contributed by atoms with Crippen molar-refractivity contribution in [2.75, 3.05) is 13.2 Å². The van der Waals surface area contributed by atoms with Crippen LogP contribution in [-0.2, 0) is 14.2 Å². The molecule has 0 amide bonds. The minimum atomic E-state index is -1.97. The van der Waals surface area contributed by atoms with Gasteiger partial charge in [-0.15, -0.1) is 0 Å². The van der Waals surface area contributed by atoms with Gasteiger partial charge in [0.25, 0.3) is 0 Å². The minimum absolute atomic E-state index is 0.103. The Balaban J connectivity index is 1.43. The maximum absolute atomic E-state index is 12.9. The summed E-state index contributed by atoms with van der Waals surface area (Å²) in [6.07, 6.45) is -17.3. The lowest BCUT2D eigenvalue weighted by molar-refractivity contribution is -0.323. The maximum atomic E-state index is 12.9. The number of phenolic OH excluding ortho intramolecular Hbond substituents is 4. The van der Waals surface area contributed by atoms with Crippen LogP contribution in [0.5, 0.6) is 28.7 Å². The Morgan fingerprint density at radius 1 is 0.682 bits per heavy atom. The number of hydrogen-bond acceptors (Lipinski definition) is 17. The van der Waals surface area contributed by atoms with Crippen LogP contribution in [0.15, 0.2) is 39.5 Å². The van der Waals surface area contributed by atoms with Gasteiger partial charge >= 0.3 is 0 Å². The van der Waals surface area contributed by atoms with E-state index >= 15 is 0 Å². The van der Waals surface area contributed by atoms with E-state index in [0.29, 0.717) is 0 Å². The molecule has 2 aliphatic heterocycles. The molecule has 5 rings (SSSR count). The number of fused-ring (bicyclic) bond motifs is 1. The SMILES string of the molecule is O=c1cc(-c2ccc(O)c(O)c2)oc2c(OC3OC(COC4OC(CO)C(O)C(O)C4O)C(O)C(O)C3O)c(O)cc(O)c12. The van der Waals surface area contributed by atoms with Crippen LogP contribution in [0.25, 0.3) is 22.3 Å². The van der Waals surface area contributed by atoms with Gasteiger partial charge in [0.1, 0.15) is 65.7 Å². The molecule has 2 aromatic carbocycles. The van der Waals surface area contributed by atoms with E-state index in [1.807, 2.05) is 0 Å². The number of phenols is 4. The van der Waals surface area contributed by atoms with Gasteiger partial charge in [0.2, 0.25) is 12.0 Å². The summed E-state index contributed by atoms with van der Waals surface area (Å²) in [7, 11) is 0. The molecule has 17 heteroatoms. The van der Waals surface area contributed by atoms with Crippen LogP contribution >= 0.6 is 0 Å². The Kier molecular flexibility index (Phi) is 8.87. The second kappa shape index (κ2) is 12.3. The molecule has 3 heterocycles. The molecule has 3 aromatic rings. The summed E-state index contributed by atoms with van der Waals surface area (Å²) >= 11 is 0. The quantitative estimate of drug-likeness (QED) is 0.119. The van der Waals surface area contributed by atoms with Crippen LogP contribution in [-0.4, -0.2) is 131 Å². The Labute approximate surface area is 246 Å². The fraction of sp³-hybridized carbons (Fsp3) is 0.444. The Morgan fingerprint density at radius 3 is 1.98 bits per heavy atom. The third-order valence-electron chi connectivity index (χ3n) is 7.35. The van der Waals surface area contributed by atoms with Gasteiger partial charge in [0.15, 0.2) is 34.6 Å². The number of aliphatic hydroxyl groups excluding tert-OH is 7. The van der Waals surface area contributed by atoms with Gasteiger partial charge in [0, 0.05) is 17.7 Å². The predicted octanol–water partition coefficient (Wildman–Crippen LogP) is -2.71. The zero-order valence-corrected chi connectivity index (χ0v) is 22.4. The van der Waals surface area contributed by atoms with Gasteiger partial charge in [-0.3, -0.25) is 4.79 Å². The van der Waals surface area contributed by atoms with Crippen LogP contribution in [0.1, 0.15) is 0 Å². The molecule has 10 unspecified atom stereocenters. The van der Waals surface area contributed by atoms with Crippen molar-refractivity contribution in [2.24, 2.45) is 0 Å². The first kappa shape index (κ1) is 31.7. The van der Waals surface area contributed by atoms with Gasteiger partial charge in [-0.05, 0) is 18.2 Å². The molecule has 44 heavy (non-hydrogen) atoms. The lowest BCUT2D eigenvalue weighted by Crippen LogP contribution is -2.62. The summed E-state index contributed by atoms with van der Waals surface area (Å²) in [4.78, 5) is 12.9. The number of benzene rings is 2. The average molecular weight is 627 g/mol. The Morgan fingerprint density at radius 2 is 1.32 bits per heavy atom. The van der Waals surface area contributed by atoms with Crippen LogP contribution in [0.3, 0.4) is 0 Å². The van der Waals surface area contributed by atoms with E-state index in [9.17, 15) is 61.0 Å². The first-order valence-corrected chi connectivity index (χ1v) is 13.2. The summed E-state index contributed by atoms with van der Waals surface area (Å²) in [5.74, 6) is -3.33. The van der Waals surface area contributed by atoms with Crippen molar-refractivity contribution in [1.29, 1.82) is 0 Å². The fourth-order valence-corrected chi connectivity index (χ4v) is 4.87. The van der Waals surface area contributed by atoms with Gasteiger partial charge in [0.05, 0.1) is 13.2 Å². The second-order valence-corrected chi connectivity index (χ2v) is 10.3. The maximum Gasteiger partial charge on any atom is 0.229 e. The highest BCUT2D eigenvalue weighted by molar-refractivity contribution is 5.91. The highest BCUT2D eigenvalue weighted by Gasteiger charge is 2.48. The van der Waals surface area contributed by atoms with Gasteiger partial charge < -0.3 is 79.5 Å². The Bertz CT molecular complexity index is 1560. The van der Waals surface area contributed by atoms with Gasteiger partial charge in [-0.25, -0.2) is 0 Å². The molecule has 0 spiro atoms. The third-order valence-corrected chi connectivity index (χ3v) is 7.35. The number of aromatic hydroxyl groups is 4. The van der Waals surface area contributed by atoms with Crippen molar-refractivity contribution in [3.63, 3.8) is 0 Å². The normalized spacial score (nSPS) is 32.5. The van der Waals surface area contributed by atoms with Crippen molar-refractivity contribution in [3.8, 4) is 40.1 Å². The monoisotopic (exact) mass is 626 g/mol. The molecule has 11 N–H and O–H groups in total. The second-order valence-electron chi connectivity index (χ2n) is 10.3. The van der Waals surface area contributed by atoms with Crippen LogP contribution in [0.4, 0.5) is 0 Å². The Hall–Kier alpha value is -3.75. The molecule has 2 fully saturated rings. The fourth-order valence-electron chi connectivity index (χ4n) is 4.87. The molecule has 0 radical (unpaired) electrons. The highest BCUT2D eigenvalue weighted by Crippen LogP contribution is 2.42. The number of aliphatic hydroxyl groups is 7. The molecule has 0 bridgehead atoms. The molecule has 17 nitrogen and oxygen atoms in total. The van der Waals surface area contributed by atoms with E-state index in [2.05, 4.69) is 0 Å². The van der Waals surface area contributed by atoms with Crippen molar-refractivity contribution in [3.05, 3.63) is 40.6 Å². The molecule has 0 saturated carbocycles. The van der Waals surface area contributed by atoms with Gasteiger partial charge in [-0.1, -0.05) is 0 Å². The zero-order chi connectivity index (χ0) is 32.0.